The van der Waals surface area contributed by atoms with E-state index in [1.165, 1.54) is 96.3 Å². The smallest absolute Gasteiger partial charge is 0.373 e. The van der Waals surface area contributed by atoms with E-state index in [2.05, 4.69) is 27.1 Å². The van der Waals surface area contributed by atoms with Crippen molar-refractivity contribution >= 4 is 8.80 Å². The molecule has 0 atom stereocenters. The fourth-order valence-electron chi connectivity index (χ4n) is 4.57. The van der Waals surface area contributed by atoms with E-state index in [-0.39, 0.29) is 6.42 Å². The van der Waals surface area contributed by atoms with E-state index in [1.54, 1.807) is 0 Å². The van der Waals surface area contributed by atoms with Gasteiger partial charge in [-0.3, -0.25) is 0 Å². The van der Waals surface area contributed by atoms with Crippen LogP contribution in [0.15, 0.2) is 0 Å². The van der Waals surface area contributed by atoms with Crippen molar-refractivity contribution in [2.45, 2.75) is 173 Å². The highest BCUT2D eigenvalue weighted by Gasteiger charge is 2.76. The molecule has 0 aliphatic rings. The van der Waals surface area contributed by atoms with Gasteiger partial charge in [0.25, 0.3) is 0 Å². The lowest BCUT2D eigenvalue weighted by Crippen LogP contribution is -2.67. The molecule has 0 heterocycles. The van der Waals surface area contributed by atoms with E-state index >= 15 is 0 Å². The van der Waals surface area contributed by atoms with Crippen LogP contribution in [-0.4, -0.2) is 41.4 Å². The quantitative estimate of drug-likeness (QED) is 0.0539. The first-order valence-electron chi connectivity index (χ1n) is 15.7. The topological polar surface area (TPSA) is 27.7 Å². The first-order valence-corrected chi connectivity index (χ1v) is 17.4. The summed E-state index contributed by atoms with van der Waals surface area (Å²) < 4.78 is 81.1. The number of alkyl halides is 5. The average Bonchev–Trinajstić information content (AvgIpc) is 2.92. The lowest BCUT2D eigenvalue weighted by atomic mass is 10.0. The number of halogens is 5. The molecule has 0 aliphatic carbocycles. The monoisotopic (exact) mass is 592 g/mol. The molecular weight excluding hydrogens is 531 g/mol. The van der Waals surface area contributed by atoms with E-state index in [4.69, 9.17) is 0 Å². The molecule has 0 unspecified atom stereocenters. The minimum absolute atomic E-state index is 0.0557. The molecule has 0 fully saturated rings. The van der Waals surface area contributed by atoms with Gasteiger partial charge in [0, 0.05) is 20.6 Å². The normalized spacial score (nSPS) is 12.5. The Morgan fingerprint density at radius 1 is 0.487 bits per heavy atom. The van der Waals surface area contributed by atoms with Crippen LogP contribution >= 0.6 is 0 Å². The van der Waals surface area contributed by atoms with Crippen molar-refractivity contribution < 1.29 is 35.2 Å². The minimum Gasteiger partial charge on any atom is -0.373 e. The van der Waals surface area contributed by atoms with E-state index in [0.717, 1.165) is 33.5 Å². The Hall–Kier alpha value is -0.253. The average molecular weight is 593 g/mol. The molecule has 0 N–H and O–H groups in total. The summed E-state index contributed by atoms with van der Waals surface area (Å²) in [5, 5.41) is 0. The van der Waals surface area contributed by atoms with Gasteiger partial charge in [0.2, 0.25) is 0 Å². The fourth-order valence-corrected chi connectivity index (χ4v) is 6.39. The molecule has 0 aromatic rings. The highest BCUT2D eigenvalue weighted by atomic mass is 28.4. The van der Waals surface area contributed by atoms with Gasteiger partial charge < -0.3 is 13.3 Å². The van der Waals surface area contributed by atoms with Crippen LogP contribution in [0.2, 0.25) is 0 Å². The van der Waals surface area contributed by atoms with Crippen LogP contribution in [0.1, 0.15) is 162 Å². The van der Waals surface area contributed by atoms with Crippen LogP contribution in [-0.2, 0) is 13.3 Å². The Bertz CT molecular complexity index is 495. The minimum atomic E-state index is -5.15. The lowest BCUT2D eigenvalue weighted by Gasteiger charge is -2.36. The number of hydrogen-bond acceptors (Lipinski definition) is 3. The van der Waals surface area contributed by atoms with Crippen LogP contribution in [0.5, 0.6) is 0 Å². The fraction of sp³-hybridized carbons (Fsp3) is 1.00. The zero-order valence-electron chi connectivity index (χ0n) is 25.9. The van der Waals surface area contributed by atoms with Crippen LogP contribution in [0, 0.1) is 0 Å². The molecule has 0 saturated heterocycles. The summed E-state index contributed by atoms with van der Waals surface area (Å²) in [5.74, 6) is -4.38. The summed E-state index contributed by atoms with van der Waals surface area (Å²) in [7, 11) is -3.65. The van der Waals surface area contributed by atoms with Crippen LogP contribution in [0.4, 0.5) is 22.0 Å². The maximum Gasteiger partial charge on any atom is 0.583 e. The molecule has 0 aromatic heterocycles. The van der Waals surface area contributed by atoms with Gasteiger partial charge in [-0.15, -0.1) is 0 Å². The first kappa shape index (κ1) is 40.9. The lowest BCUT2D eigenvalue weighted by molar-refractivity contribution is -0.202. The molecule has 39 heavy (non-hydrogen) atoms. The standard InChI is InChI=1S/C17H36.C13H25F5O3Si/c1-3-5-7-9-11-13-15-17-16-14-12-10-8-6-4-2;1-4-5-6-7-8-9-10-12(15,16)13(17,18)22(19-2,20-3)21-11-14/h3-17H2,1-2H3;4-11H2,1-3H3. The highest BCUT2D eigenvalue weighted by molar-refractivity contribution is 6.63. The predicted octanol–water partition coefficient (Wildman–Crippen LogP) is 11.6. The summed E-state index contributed by atoms with van der Waals surface area (Å²) >= 11 is 0. The molecule has 9 heteroatoms. The maximum absolute atomic E-state index is 14.1. The molecule has 0 bridgehead atoms. The van der Waals surface area contributed by atoms with Gasteiger partial charge in [-0.05, 0) is 6.42 Å². The van der Waals surface area contributed by atoms with Gasteiger partial charge in [0.15, 0.2) is 6.86 Å². The molecule has 238 valence electrons. The second-order valence-electron chi connectivity index (χ2n) is 10.6. The van der Waals surface area contributed by atoms with Gasteiger partial charge in [0.05, 0.1) is 0 Å². The van der Waals surface area contributed by atoms with Gasteiger partial charge in [0.1, 0.15) is 0 Å². The summed E-state index contributed by atoms with van der Waals surface area (Å²) in [6, 6.07) is 0. The van der Waals surface area contributed by atoms with Gasteiger partial charge in [-0.1, -0.05) is 149 Å². The molecule has 0 rings (SSSR count). The Labute approximate surface area is 238 Å². The SMILES string of the molecule is CCCCCCCCC(F)(F)C(F)(F)[Si](OC)(OC)OCF.CCCCCCCCCCCCCCCCC. The summed E-state index contributed by atoms with van der Waals surface area (Å²) in [6.07, 6.45) is 24.9. The predicted molar refractivity (Wildman–Crippen MR) is 155 cm³/mol. The Balaban J connectivity index is 0. The summed E-state index contributed by atoms with van der Waals surface area (Å²) in [5.41, 5.74) is -4.70. The van der Waals surface area contributed by atoms with Crippen molar-refractivity contribution in [1.29, 1.82) is 0 Å². The molecule has 0 aliphatic heterocycles. The molecule has 3 nitrogen and oxygen atoms in total. The van der Waals surface area contributed by atoms with Gasteiger partial charge in [-0.25, -0.2) is 4.39 Å². The van der Waals surface area contributed by atoms with Crippen LogP contribution < -0.4 is 0 Å². The number of rotatable bonds is 27. The van der Waals surface area contributed by atoms with E-state index in [1.807, 2.05) is 6.92 Å². The number of hydrogen-bond donors (Lipinski definition) is 0. The van der Waals surface area contributed by atoms with Crippen molar-refractivity contribution in [3.8, 4) is 0 Å². The largest absolute Gasteiger partial charge is 0.583 e. The highest BCUT2D eigenvalue weighted by Crippen LogP contribution is 2.45. The third kappa shape index (κ3) is 18.7. The van der Waals surface area contributed by atoms with Crippen molar-refractivity contribution in [1.82, 2.24) is 0 Å². The zero-order valence-corrected chi connectivity index (χ0v) is 26.9. The van der Waals surface area contributed by atoms with Crippen molar-refractivity contribution in [3.05, 3.63) is 0 Å². The van der Waals surface area contributed by atoms with E-state index in [0.29, 0.717) is 12.8 Å². The van der Waals surface area contributed by atoms with Gasteiger partial charge in [-0.2, -0.15) is 17.6 Å². The molecule has 0 amide bonds. The second kappa shape index (κ2) is 26.6. The molecule has 0 radical (unpaired) electrons. The van der Waals surface area contributed by atoms with Gasteiger partial charge >= 0.3 is 20.3 Å². The Morgan fingerprint density at radius 2 is 0.769 bits per heavy atom. The van der Waals surface area contributed by atoms with Crippen LogP contribution in [0.25, 0.3) is 0 Å². The summed E-state index contributed by atoms with van der Waals surface area (Å²) in [6.45, 7) is 4.91. The van der Waals surface area contributed by atoms with Crippen LogP contribution in [0.3, 0.4) is 0 Å². The maximum atomic E-state index is 14.1. The van der Waals surface area contributed by atoms with E-state index in [9.17, 15) is 22.0 Å². The Kier molecular flexibility index (Phi) is 27.9. The van der Waals surface area contributed by atoms with Crippen molar-refractivity contribution in [3.63, 3.8) is 0 Å². The molecule has 0 aromatic carbocycles. The van der Waals surface area contributed by atoms with E-state index < -0.39 is 33.6 Å². The van der Waals surface area contributed by atoms with Crippen molar-refractivity contribution in [2.24, 2.45) is 0 Å². The first-order chi connectivity index (χ1) is 18.7. The third-order valence-electron chi connectivity index (χ3n) is 7.18. The number of unbranched alkanes of at least 4 members (excludes halogenated alkanes) is 19. The molecule has 0 spiro atoms. The Morgan fingerprint density at radius 3 is 1.03 bits per heavy atom. The summed E-state index contributed by atoms with van der Waals surface area (Å²) in [4.78, 5) is 0. The second-order valence-corrected chi connectivity index (χ2v) is 13.5. The molecule has 0 saturated carbocycles. The molecular formula is C30H61F5O3Si. The zero-order chi connectivity index (χ0) is 29.9. The van der Waals surface area contributed by atoms with Crippen molar-refractivity contribution in [2.75, 3.05) is 21.1 Å². The third-order valence-corrected chi connectivity index (χ3v) is 9.88.